The minimum absolute atomic E-state index is 0.143. The lowest BCUT2D eigenvalue weighted by atomic mass is 10.2. The molecule has 0 fully saturated rings. The van der Waals surface area contributed by atoms with E-state index in [2.05, 4.69) is 4.98 Å². The lowest BCUT2D eigenvalue weighted by Gasteiger charge is -2.07. The second-order valence-corrected chi connectivity index (χ2v) is 4.27. The van der Waals surface area contributed by atoms with E-state index in [1.165, 1.54) is 36.2 Å². The van der Waals surface area contributed by atoms with Crippen molar-refractivity contribution in [3.63, 3.8) is 0 Å². The maximum atomic E-state index is 11.7. The average molecular weight is 296 g/mol. The fourth-order valence-corrected chi connectivity index (χ4v) is 1.88. The molecular formula is C12H10ClN3O4. The Balaban J connectivity index is 2.39. The van der Waals surface area contributed by atoms with Crippen molar-refractivity contribution in [3.05, 3.63) is 61.8 Å². The zero-order chi connectivity index (χ0) is 14.7. The second kappa shape index (κ2) is 5.70. The number of aromatic nitrogens is 2. The second-order valence-electron chi connectivity index (χ2n) is 3.91. The number of nitrogens with zero attached hydrogens (tertiary/aromatic N) is 3. The molecule has 1 aromatic heterocycles. The molecule has 104 valence electrons. The summed E-state index contributed by atoms with van der Waals surface area (Å²) < 4.78 is 6.23. The number of methoxy groups -OCH3 is 1. The number of nitro groups is 1. The molecule has 20 heavy (non-hydrogen) atoms. The van der Waals surface area contributed by atoms with Crippen molar-refractivity contribution in [2.24, 2.45) is 0 Å². The zero-order valence-corrected chi connectivity index (χ0v) is 11.2. The monoisotopic (exact) mass is 295 g/mol. The molecule has 0 aliphatic heterocycles. The van der Waals surface area contributed by atoms with Crippen LogP contribution in [0.4, 0.5) is 5.69 Å². The molecule has 2 rings (SSSR count). The van der Waals surface area contributed by atoms with Gasteiger partial charge in [0.1, 0.15) is 0 Å². The highest BCUT2D eigenvalue weighted by Gasteiger charge is 2.15. The first-order valence-corrected chi connectivity index (χ1v) is 5.93. The van der Waals surface area contributed by atoms with E-state index in [1.54, 1.807) is 6.07 Å². The van der Waals surface area contributed by atoms with E-state index in [0.717, 1.165) is 0 Å². The number of benzene rings is 1. The molecule has 8 heteroatoms. The van der Waals surface area contributed by atoms with Gasteiger partial charge in [-0.25, -0.2) is 4.98 Å². The van der Waals surface area contributed by atoms with E-state index in [0.29, 0.717) is 5.56 Å². The van der Waals surface area contributed by atoms with Crippen molar-refractivity contribution >= 4 is 17.3 Å². The van der Waals surface area contributed by atoms with Gasteiger partial charge in [-0.3, -0.25) is 14.9 Å². The highest BCUT2D eigenvalue weighted by atomic mass is 35.5. The summed E-state index contributed by atoms with van der Waals surface area (Å²) in [6.07, 6.45) is 2.85. The Kier molecular flexibility index (Phi) is 3.99. The Morgan fingerprint density at radius 1 is 1.50 bits per heavy atom. The van der Waals surface area contributed by atoms with E-state index in [1.807, 2.05) is 0 Å². The summed E-state index contributed by atoms with van der Waals surface area (Å²) in [6, 6.07) is 4.49. The van der Waals surface area contributed by atoms with Gasteiger partial charge in [0.15, 0.2) is 10.9 Å². The van der Waals surface area contributed by atoms with E-state index in [-0.39, 0.29) is 23.1 Å². The van der Waals surface area contributed by atoms with Crippen molar-refractivity contribution in [1.82, 2.24) is 9.55 Å². The van der Waals surface area contributed by atoms with E-state index < -0.39 is 10.5 Å². The lowest BCUT2D eigenvalue weighted by Crippen LogP contribution is -2.21. The first-order valence-electron chi connectivity index (χ1n) is 5.55. The smallest absolute Gasteiger partial charge is 0.311 e. The Labute approximate surface area is 118 Å². The summed E-state index contributed by atoms with van der Waals surface area (Å²) in [5, 5.41) is 10.8. The molecule has 0 radical (unpaired) electrons. The molecule has 0 saturated heterocycles. The van der Waals surface area contributed by atoms with Gasteiger partial charge in [0.25, 0.3) is 5.56 Å². The summed E-state index contributed by atoms with van der Waals surface area (Å²) >= 11 is 5.64. The molecule has 2 aromatic rings. The van der Waals surface area contributed by atoms with Gasteiger partial charge in [-0.1, -0.05) is 17.7 Å². The van der Waals surface area contributed by atoms with Gasteiger partial charge < -0.3 is 9.30 Å². The first-order chi connectivity index (χ1) is 9.52. The molecule has 0 atom stereocenters. The van der Waals surface area contributed by atoms with Crippen LogP contribution in [-0.4, -0.2) is 21.6 Å². The Morgan fingerprint density at radius 3 is 2.90 bits per heavy atom. The van der Waals surface area contributed by atoms with Crippen LogP contribution in [0.3, 0.4) is 0 Å². The molecule has 0 amide bonds. The van der Waals surface area contributed by atoms with Gasteiger partial charge >= 0.3 is 5.69 Å². The van der Waals surface area contributed by atoms with E-state index in [4.69, 9.17) is 16.3 Å². The number of rotatable bonds is 4. The van der Waals surface area contributed by atoms with E-state index in [9.17, 15) is 14.9 Å². The van der Waals surface area contributed by atoms with Gasteiger partial charge in [0, 0.05) is 18.5 Å². The van der Waals surface area contributed by atoms with Crippen molar-refractivity contribution in [3.8, 4) is 5.75 Å². The number of hydrogen-bond acceptors (Lipinski definition) is 5. The standard InChI is InChI=1S/C12H10ClN3O4/c1-20-10-3-2-8(6-9(10)16(18)19)7-15-5-4-14-11(13)12(15)17/h2-6H,7H2,1H3. The number of hydrogen-bond donors (Lipinski definition) is 0. The van der Waals surface area contributed by atoms with Gasteiger partial charge in [-0.2, -0.15) is 0 Å². The molecule has 1 heterocycles. The van der Waals surface area contributed by atoms with Gasteiger partial charge in [0.05, 0.1) is 18.6 Å². The highest BCUT2D eigenvalue weighted by molar-refractivity contribution is 6.29. The molecule has 0 aliphatic carbocycles. The van der Waals surface area contributed by atoms with Crippen molar-refractivity contribution in [1.29, 1.82) is 0 Å². The van der Waals surface area contributed by atoms with Crippen LogP contribution in [0, 0.1) is 10.1 Å². The molecule has 7 nitrogen and oxygen atoms in total. The Bertz CT molecular complexity index is 714. The van der Waals surface area contributed by atoms with Gasteiger partial charge in [-0.15, -0.1) is 0 Å². The van der Waals surface area contributed by atoms with E-state index >= 15 is 0 Å². The third-order valence-corrected chi connectivity index (χ3v) is 2.92. The minimum atomic E-state index is -0.537. The highest BCUT2D eigenvalue weighted by Crippen LogP contribution is 2.27. The first kappa shape index (κ1) is 14.0. The molecule has 0 spiro atoms. The molecular weight excluding hydrogens is 286 g/mol. The Morgan fingerprint density at radius 2 is 2.25 bits per heavy atom. The molecule has 0 aliphatic rings. The predicted octanol–water partition coefficient (Wildman–Crippen LogP) is 1.86. The van der Waals surface area contributed by atoms with Gasteiger partial charge in [-0.05, 0) is 11.6 Å². The summed E-state index contributed by atoms with van der Waals surface area (Å²) in [4.78, 5) is 25.8. The summed E-state index contributed by atoms with van der Waals surface area (Å²) in [5.41, 5.74) is -0.0206. The van der Waals surface area contributed by atoms with Crippen LogP contribution in [-0.2, 0) is 6.54 Å². The molecule has 0 N–H and O–H groups in total. The topological polar surface area (TPSA) is 87.3 Å². The largest absolute Gasteiger partial charge is 0.490 e. The minimum Gasteiger partial charge on any atom is -0.490 e. The van der Waals surface area contributed by atoms with Crippen LogP contribution in [0.5, 0.6) is 5.75 Å². The van der Waals surface area contributed by atoms with Crippen LogP contribution >= 0.6 is 11.6 Å². The van der Waals surface area contributed by atoms with Crippen LogP contribution in [0.15, 0.2) is 35.4 Å². The van der Waals surface area contributed by atoms with Gasteiger partial charge in [0.2, 0.25) is 0 Å². The summed E-state index contributed by atoms with van der Waals surface area (Å²) in [5.74, 6) is 0.166. The third-order valence-electron chi connectivity index (χ3n) is 2.66. The number of halogens is 1. The third kappa shape index (κ3) is 2.77. The fourth-order valence-electron chi connectivity index (χ4n) is 1.72. The van der Waals surface area contributed by atoms with Crippen LogP contribution in [0.25, 0.3) is 0 Å². The van der Waals surface area contributed by atoms with Crippen molar-refractivity contribution < 1.29 is 9.66 Å². The predicted molar refractivity (Wildman–Crippen MR) is 72.3 cm³/mol. The quantitative estimate of drug-likeness (QED) is 0.634. The Hall–Kier alpha value is -2.41. The number of nitro benzene ring substituents is 1. The maximum Gasteiger partial charge on any atom is 0.311 e. The number of ether oxygens (including phenoxy) is 1. The SMILES string of the molecule is COc1ccc(Cn2ccnc(Cl)c2=O)cc1[N+](=O)[O-]. The molecule has 0 bridgehead atoms. The van der Waals surface area contributed by atoms with Crippen molar-refractivity contribution in [2.45, 2.75) is 6.54 Å². The fraction of sp³-hybridized carbons (Fsp3) is 0.167. The van der Waals surface area contributed by atoms with Crippen LogP contribution < -0.4 is 10.3 Å². The molecule has 1 aromatic carbocycles. The molecule has 0 unspecified atom stereocenters. The average Bonchev–Trinajstić information content (AvgIpc) is 2.43. The van der Waals surface area contributed by atoms with Crippen molar-refractivity contribution in [2.75, 3.05) is 7.11 Å². The summed E-state index contributed by atoms with van der Waals surface area (Å²) in [6.45, 7) is 0.159. The normalized spacial score (nSPS) is 10.3. The lowest BCUT2D eigenvalue weighted by molar-refractivity contribution is -0.385. The van der Waals surface area contributed by atoms with Crippen LogP contribution in [0.1, 0.15) is 5.56 Å². The molecule has 0 saturated carbocycles. The summed E-state index contributed by atoms with van der Waals surface area (Å²) in [7, 11) is 1.36. The maximum absolute atomic E-state index is 11.7. The zero-order valence-electron chi connectivity index (χ0n) is 10.4. The van der Waals surface area contributed by atoms with Crippen LogP contribution in [0.2, 0.25) is 5.15 Å².